The van der Waals surface area contributed by atoms with Crippen LogP contribution in [-0.2, 0) is 14.3 Å². The van der Waals surface area contributed by atoms with Gasteiger partial charge in [0.2, 0.25) is 0 Å². The maximum absolute atomic E-state index is 13.2. The zero-order valence-corrected chi connectivity index (χ0v) is 21.8. The quantitative estimate of drug-likeness (QED) is 0.274. The normalized spacial score (nSPS) is 17.1. The third kappa shape index (κ3) is 5.65. The van der Waals surface area contributed by atoms with Gasteiger partial charge in [0, 0.05) is 19.2 Å². The Morgan fingerprint density at radius 1 is 1.00 bits per heavy atom. The Kier molecular flexibility index (Phi) is 8.98. The van der Waals surface area contributed by atoms with Crippen molar-refractivity contribution in [1.29, 1.82) is 0 Å². The molecule has 1 fully saturated rings. The average Bonchev–Trinajstić information content (AvgIpc) is 3.09. The zero-order chi connectivity index (χ0) is 26.4. The minimum atomic E-state index is -0.820. The number of likely N-dealkylation sites (tertiary alicyclic amines) is 1. The molecule has 1 saturated heterocycles. The summed E-state index contributed by atoms with van der Waals surface area (Å²) in [6.07, 6.45) is -0.0645. The number of carbonyl (C=O) groups excluding carboxylic acids is 2. The van der Waals surface area contributed by atoms with E-state index in [0.717, 1.165) is 5.56 Å². The summed E-state index contributed by atoms with van der Waals surface area (Å²) in [7, 11) is 1.53. The Labute approximate surface area is 212 Å². The SMILES string of the molecule is CCOc1ccc(/C(O)=C2/C(=O)C(=O)N(CCOC)C2c2ccc(OC(C)C)c(OCC)c2)cc1C. The lowest BCUT2D eigenvalue weighted by Gasteiger charge is -2.26. The van der Waals surface area contributed by atoms with Crippen molar-refractivity contribution in [2.75, 3.05) is 33.5 Å². The topological polar surface area (TPSA) is 94.5 Å². The molecule has 1 heterocycles. The third-order valence-electron chi connectivity index (χ3n) is 5.77. The van der Waals surface area contributed by atoms with Crippen LogP contribution in [0.1, 0.15) is 50.4 Å². The first kappa shape index (κ1) is 27.1. The second-order valence-corrected chi connectivity index (χ2v) is 8.70. The Morgan fingerprint density at radius 3 is 2.28 bits per heavy atom. The molecule has 8 nitrogen and oxygen atoms in total. The molecule has 0 bridgehead atoms. The number of amides is 1. The fraction of sp³-hybridized carbons (Fsp3) is 0.429. The highest BCUT2D eigenvalue weighted by Crippen LogP contribution is 2.42. The van der Waals surface area contributed by atoms with Gasteiger partial charge in [-0.3, -0.25) is 9.59 Å². The first-order valence-corrected chi connectivity index (χ1v) is 12.2. The van der Waals surface area contributed by atoms with Gasteiger partial charge in [0.1, 0.15) is 11.5 Å². The van der Waals surface area contributed by atoms with Crippen LogP contribution in [0.5, 0.6) is 17.2 Å². The number of Topliss-reactive ketones (excluding diaryl/α,β-unsaturated/α-hetero) is 1. The number of hydrogen-bond donors (Lipinski definition) is 1. The molecule has 2 aromatic rings. The standard InChI is InChI=1S/C28H35NO7/c1-7-34-21-11-10-20(15-18(21)5)26(30)24-25(29(13-14-33-6)28(32)27(24)31)19-9-12-22(36-17(3)4)23(16-19)35-8-2/h9-12,15-17,25,30H,7-8,13-14H2,1-6H3/b26-24-. The van der Waals surface area contributed by atoms with Crippen LogP contribution in [-0.4, -0.2) is 61.3 Å². The van der Waals surface area contributed by atoms with Crippen molar-refractivity contribution >= 4 is 17.4 Å². The molecular formula is C28H35NO7. The molecule has 0 aromatic heterocycles. The predicted octanol–water partition coefficient (Wildman–Crippen LogP) is 4.65. The zero-order valence-electron chi connectivity index (χ0n) is 21.8. The van der Waals surface area contributed by atoms with Crippen LogP contribution in [0.15, 0.2) is 42.0 Å². The van der Waals surface area contributed by atoms with E-state index in [0.29, 0.717) is 41.6 Å². The van der Waals surface area contributed by atoms with E-state index in [2.05, 4.69) is 0 Å². The molecule has 8 heteroatoms. The van der Waals surface area contributed by atoms with Crippen molar-refractivity contribution < 1.29 is 33.6 Å². The van der Waals surface area contributed by atoms with Crippen LogP contribution in [0.4, 0.5) is 0 Å². The highest BCUT2D eigenvalue weighted by molar-refractivity contribution is 6.46. The molecular weight excluding hydrogens is 462 g/mol. The minimum Gasteiger partial charge on any atom is -0.507 e. The molecule has 2 aromatic carbocycles. The molecule has 1 aliphatic heterocycles. The highest BCUT2D eigenvalue weighted by Gasteiger charge is 2.46. The minimum absolute atomic E-state index is 0.0136. The number of aryl methyl sites for hydroxylation is 1. The summed E-state index contributed by atoms with van der Waals surface area (Å²) in [5.41, 5.74) is 1.86. The molecule has 1 N–H and O–H groups in total. The van der Waals surface area contributed by atoms with Gasteiger partial charge in [-0.1, -0.05) is 6.07 Å². The fourth-order valence-corrected chi connectivity index (χ4v) is 4.23. The summed E-state index contributed by atoms with van der Waals surface area (Å²) in [6, 6.07) is 9.65. The molecule has 0 aliphatic carbocycles. The van der Waals surface area contributed by atoms with E-state index in [-0.39, 0.29) is 30.6 Å². The summed E-state index contributed by atoms with van der Waals surface area (Å²) in [4.78, 5) is 27.7. The number of nitrogens with zero attached hydrogens (tertiary/aromatic N) is 1. The first-order valence-electron chi connectivity index (χ1n) is 12.2. The van der Waals surface area contributed by atoms with Gasteiger partial charge in [0.05, 0.1) is 37.5 Å². The van der Waals surface area contributed by atoms with Crippen molar-refractivity contribution in [3.8, 4) is 17.2 Å². The van der Waals surface area contributed by atoms with E-state index < -0.39 is 17.7 Å². The lowest BCUT2D eigenvalue weighted by molar-refractivity contribution is -0.140. The molecule has 0 radical (unpaired) electrons. The molecule has 3 rings (SSSR count). The fourth-order valence-electron chi connectivity index (χ4n) is 4.23. The molecule has 0 saturated carbocycles. The van der Waals surface area contributed by atoms with Crippen LogP contribution in [0.3, 0.4) is 0 Å². The summed E-state index contributed by atoms with van der Waals surface area (Å²) in [6.45, 7) is 10.8. The summed E-state index contributed by atoms with van der Waals surface area (Å²) < 4.78 is 22.5. The molecule has 1 amide bonds. The van der Waals surface area contributed by atoms with Crippen molar-refractivity contribution in [2.24, 2.45) is 0 Å². The molecule has 0 spiro atoms. The van der Waals surface area contributed by atoms with E-state index in [1.165, 1.54) is 12.0 Å². The predicted molar refractivity (Wildman–Crippen MR) is 137 cm³/mol. The second-order valence-electron chi connectivity index (χ2n) is 8.70. The maximum atomic E-state index is 13.2. The largest absolute Gasteiger partial charge is 0.507 e. The Balaban J connectivity index is 2.17. The lowest BCUT2D eigenvalue weighted by atomic mass is 9.94. The number of benzene rings is 2. The average molecular weight is 498 g/mol. The lowest BCUT2D eigenvalue weighted by Crippen LogP contribution is -2.32. The molecule has 1 aliphatic rings. The molecule has 194 valence electrons. The third-order valence-corrected chi connectivity index (χ3v) is 5.77. The van der Waals surface area contributed by atoms with Crippen molar-refractivity contribution in [3.05, 3.63) is 58.7 Å². The van der Waals surface area contributed by atoms with Crippen molar-refractivity contribution in [2.45, 2.75) is 46.8 Å². The smallest absolute Gasteiger partial charge is 0.295 e. The number of carbonyl (C=O) groups is 2. The number of methoxy groups -OCH3 is 1. The van der Waals surface area contributed by atoms with Gasteiger partial charge < -0.3 is 29.0 Å². The Hall–Kier alpha value is -3.52. The van der Waals surface area contributed by atoms with E-state index >= 15 is 0 Å². The first-order chi connectivity index (χ1) is 17.2. The van der Waals surface area contributed by atoms with Crippen LogP contribution < -0.4 is 14.2 Å². The van der Waals surface area contributed by atoms with E-state index in [4.69, 9.17) is 18.9 Å². The summed E-state index contributed by atoms with van der Waals surface area (Å²) in [5.74, 6) is 0.0602. The Morgan fingerprint density at radius 2 is 1.67 bits per heavy atom. The van der Waals surface area contributed by atoms with Gasteiger partial charge in [0.15, 0.2) is 11.5 Å². The van der Waals surface area contributed by atoms with Crippen molar-refractivity contribution in [3.63, 3.8) is 0 Å². The Bertz CT molecular complexity index is 1140. The van der Waals surface area contributed by atoms with Crippen LogP contribution in [0, 0.1) is 6.92 Å². The second kappa shape index (κ2) is 11.9. The number of aliphatic hydroxyl groups excluding tert-OH is 1. The van der Waals surface area contributed by atoms with Gasteiger partial charge in [-0.15, -0.1) is 0 Å². The molecule has 1 unspecified atom stereocenters. The number of ether oxygens (including phenoxy) is 4. The van der Waals surface area contributed by atoms with Gasteiger partial charge in [-0.05, 0) is 76.1 Å². The number of aliphatic hydroxyl groups is 1. The molecule has 1 atom stereocenters. The van der Waals surface area contributed by atoms with Crippen LogP contribution in [0.2, 0.25) is 0 Å². The molecule has 36 heavy (non-hydrogen) atoms. The highest BCUT2D eigenvalue weighted by atomic mass is 16.5. The van der Waals surface area contributed by atoms with Crippen molar-refractivity contribution in [1.82, 2.24) is 4.90 Å². The van der Waals surface area contributed by atoms with Gasteiger partial charge in [-0.25, -0.2) is 0 Å². The summed E-state index contributed by atoms with van der Waals surface area (Å²) in [5, 5.41) is 11.3. The van der Waals surface area contributed by atoms with Gasteiger partial charge in [-0.2, -0.15) is 0 Å². The van der Waals surface area contributed by atoms with Gasteiger partial charge >= 0.3 is 0 Å². The number of rotatable bonds is 11. The maximum Gasteiger partial charge on any atom is 0.295 e. The van der Waals surface area contributed by atoms with E-state index in [9.17, 15) is 14.7 Å². The summed E-state index contributed by atoms with van der Waals surface area (Å²) >= 11 is 0. The van der Waals surface area contributed by atoms with Crippen LogP contribution in [0.25, 0.3) is 5.76 Å². The van der Waals surface area contributed by atoms with Crippen LogP contribution >= 0.6 is 0 Å². The number of ketones is 1. The van der Waals surface area contributed by atoms with E-state index in [1.807, 2.05) is 34.6 Å². The monoisotopic (exact) mass is 497 g/mol. The van der Waals surface area contributed by atoms with E-state index in [1.54, 1.807) is 36.4 Å². The number of hydrogen-bond acceptors (Lipinski definition) is 7. The van der Waals surface area contributed by atoms with Gasteiger partial charge in [0.25, 0.3) is 11.7 Å².